The molecule has 0 aromatic rings. The Labute approximate surface area is 119 Å². The highest BCUT2D eigenvalue weighted by atomic mass is 16.3. The molecule has 1 saturated heterocycles. The van der Waals surface area contributed by atoms with Gasteiger partial charge in [-0.3, -0.25) is 4.90 Å². The molecule has 0 aromatic carbocycles. The van der Waals surface area contributed by atoms with E-state index in [1.807, 2.05) is 0 Å². The van der Waals surface area contributed by atoms with Gasteiger partial charge in [0.2, 0.25) is 0 Å². The van der Waals surface area contributed by atoms with Crippen LogP contribution in [0.15, 0.2) is 0 Å². The average molecular weight is 270 g/mol. The highest BCUT2D eigenvalue weighted by Crippen LogP contribution is 2.23. The van der Waals surface area contributed by atoms with Gasteiger partial charge in [0.1, 0.15) is 0 Å². The lowest BCUT2D eigenvalue weighted by atomic mass is 9.92. The molecule has 3 unspecified atom stereocenters. The van der Waals surface area contributed by atoms with Gasteiger partial charge in [0.05, 0.1) is 6.61 Å². The van der Waals surface area contributed by atoms with Crippen LogP contribution in [0, 0.1) is 0 Å². The molecule has 3 nitrogen and oxygen atoms in total. The van der Waals surface area contributed by atoms with Crippen LogP contribution in [0.1, 0.15) is 66.7 Å². The van der Waals surface area contributed by atoms with Crippen molar-refractivity contribution >= 4 is 0 Å². The summed E-state index contributed by atoms with van der Waals surface area (Å²) in [6.45, 7) is 12.5. The third-order valence-electron chi connectivity index (χ3n) is 4.40. The quantitative estimate of drug-likeness (QED) is 0.779. The topological polar surface area (TPSA) is 35.5 Å². The van der Waals surface area contributed by atoms with Crippen LogP contribution < -0.4 is 5.32 Å². The maximum Gasteiger partial charge on any atom is 0.0611 e. The van der Waals surface area contributed by atoms with Crippen LogP contribution in [0.25, 0.3) is 0 Å². The van der Waals surface area contributed by atoms with Crippen molar-refractivity contribution in [2.75, 3.05) is 13.2 Å². The first-order chi connectivity index (χ1) is 8.88. The van der Waals surface area contributed by atoms with Gasteiger partial charge in [0.25, 0.3) is 0 Å². The molecule has 2 N–H and O–H groups in total. The van der Waals surface area contributed by atoms with E-state index in [0.717, 1.165) is 6.42 Å². The zero-order valence-electron chi connectivity index (χ0n) is 13.6. The van der Waals surface area contributed by atoms with Crippen LogP contribution in [0.4, 0.5) is 0 Å². The molecule has 0 aromatic heterocycles. The smallest absolute Gasteiger partial charge is 0.0611 e. The van der Waals surface area contributed by atoms with Crippen molar-refractivity contribution in [3.8, 4) is 0 Å². The largest absolute Gasteiger partial charge is 0.394 e. The predicted octanol–water partition coefficient (Wildman–Crippen LogP) is 2.78. The molecule has 1 rings (SSSR count). The number of nitrogens with one attached hydrogen (secondary N) is 1. The maximum atomic E-state index is 9.72. The number of aliphatic hydroxyl groups excluding tert-OH is 1. The summed E-state index contributed by atoms with van der Waals surface area (Å²) in [7, 11) is 0. The Morgan fingerprint density at radius 1 is 1.26 bits per heavy atom. The molecular weight excluding hydrogens is 236 g/mol. The van der Waals surface area contributed by atoms with Crippen molar-refractivity contribution in [3.05, 3.63) is 0 Å². The molecule has 0 saturated carbocycles. The van der Waals surface area contributed by atoms with E-state index in [4.69, 9.17) is 0 Å². The van der Waals surface area contributed by atoms with Crippen molar-refractivity contribution < 1.29 is 5.11 Å². The minimum Gasteiger partial charge on any atom is -0.394 e. The monoisotopic (exact) mass is 270 g/mol. The number of nitrogens with zero attached hydrogens (tertiary/aromatic N) is 1. The molecule has 0 radical (unpaired) electrons. The molecule has 1 aliphatic heterocycles. The van der Waals surface area contributed by atoms with E-state index in [1.165, 1.54) is 32.2 Å². The molecule has 3 atom stereocenters. The van der Waals surface area contributed by atoms with Crippen molar-refractivity contribution in [2.45, 2.75) is 90.4 Å². The third-order valence-corrected chi connectivity index (χ3v) is 4.40. The summed E-state index contributed by atoms with van der Waals surface area (Å²) in [5.74, 6) is 0. The molecule has 0 spiro atoms. The van der Waals surface area contributed by atoms with Gasteiger partial charge in [-0.25, -0.2) is 0 Å². The van der Waals surface area contributed by atoms with Gasteiger partial charge in [-0.05, 0) is 46.6 Å². The summed E-state index contributed by atoms with van der Waals surface area (Å²) in [6.07, 6.45) is 6.38. The van der Waals surface area contributed by atoms with Crippen LogP contribution >= 0.6 is 0 Å². The first-order valence-corrected chi connectivity index (χ1v) is 8.02. The van der Waals surface area contributed by atoms with E-state index in [9.17, 15) is 5.11 Å². The van der Waals surface area contributed by atoms with Gasteiger partial charge in [-0.1, -0.05) is 26.7 Å². The zero-order valence-corrected chi connectivity index (χ0v) is 13.6. The number of hydrogen-bond donors (Lipinski definition) is 2. The highest BCUT2D eigenvalue weighted by Gasteiger charge is 2.30. The molecule has 114 valence electrons. The fourth-order valence-corrected chi connectivity index (χ4v) is 3.59. The van der Waals surface area contributed by atoms with E-state index in [1.54, 1.807) is 0 Å². The van der Waals surface area contributed by atoms with E-state index in [-0.39, 0.29) is 12.1 Å². The van der Waals surface area contributed by atoms with Gasteiger partial charge in [0, 0.05) is 23.7 Å². The summed E-state index contributed by atoms with van der Waals surface area (Å²) < 4.78 is 0. The van der Waals surface area contributed by atoms with Crippen molar-refractivity contribution in [1.29, 1.82) is 0 Å². The second-order valence-electron chi connectivity index (χ2n) is 7.01. The van der Waals surface area contributed by atoms with Gasteiger partial charge in [-0.15, -0.1) is 0 Å². The predicted molar refractivity (Wildman–Crippen MR) is 82.5 cm³/mol. The van der Waals surface area contributed by atoms with E-state index < -0.39 is 0 Å². The molecule has 3 heteroatoms. The average Bonchev–Trinajstić information content (AvgIpc) is 2.52. The summed E-state index contributed by atoms with van der Waals surface area (Å²) in [5, 5.41) is 13.3. The molecule has 1 heterocycles. The van der Waals surface area contributed by atoms with Crippen LogP contribution in [0.5, 0.6) is 0 Å². The summed E-state index contributed by atoms with van der Waals surface area (Å²) in [6, 6.07) is 1.61. The summed E-state index contributed by atoms with van der Waals surface area (Å²) >= 11 is 0. The van der Waals surface area contributed by atoms with Crippen LogP contribution in [-0.4, -0.2) is 46.8 Å². The normalized spacial score (nSPS) is 27.0. The second-order valence-corrected chi connectivity index (χ2v) is 7.01. The Balaban J connectivity index is 2.62. The van der Waals surface area contributed by atoms with Crippen molar-refractivity contribution in [3.63, 3.8) is 0 Å². The van der Waals surface area contributed by atoms with E-state index in [2.05, 4.69) is 44.8 Å². The molecule has 19 heavy (non-hydrogen) atoms. The number of likely N-dealkylation sites (tertiary alicyclic amines) is 1. The fraction of sp³-hybridized carbons (Fsp3) is 1.00. The Bertz CT molecular complexity index is 257. The standard InChI is InChI=1S/C16H34N2O/c1-13(2)17-16(5,12-19)11-15(4)18-10-8-6-7-9-14(18)3/h13-15,17,19H,6-12H2,1-5H3. The second kappa shape index (κ2) is 7.61. The van der Waals surface area contributed by atoms with Crippen LogP contribution in [0.2, 0.25) is 0 Å². The first kappa shape index (κ1) is 16.9. The molecule has 1 aliphatic rings. The first-order valence-electron chi connectivity index (χ1n) is 8.02. The SMILES string of the molecule is CC(C)NC(C)(CO)CC(C)N1CCCCCC1C. The van der Waals surface area contributed by atoms with Crippen LogP contribution in [0.3, 0.4) is 0 Å². The van der Waals surface area contributed by atoms with Crippen molar-refractivity contribution in [2.24, 2.45) is 0 Å². The molecule has 0 aliphatic carbocycles. The minimum absolute atomic E-state index is 0.167. The number of rotatable bonds is 6. The van der Waals surface area contributed by atoms with Gasteiger partial charge in [0.15, 0.2) is 0 Å². The fourth-order valence-electron chi connectivity index (χ4n) is 3.59. The Hall–Kier alpha value is -0.120. The summed E-state index contributed by atoms with van der Waals surface area (Å²) in [4.78, 5) is 2.64. The van der Waals surface area contributed by atoms with Gasteiger partial charge < -0.3 is 10.4 Å². The van der Waals surface area contributed by atoms with Gasteiger partial charge >= 0.3 is 0 Å². The Morgan fingerprint density at radius 3 is 2.53 bits per heavy atom. The zero-order chi connectivity index (χ0) is 14.5. The number of aliphatic hydroxyl groups is 1. The third kappa shape index (κ3) is 5.41. The molecule has 0 amide bonds. The number of hydrogen-bond acceptors (Lipinski definition) is 3. The highest BCUT2D eigenvalue weighted by molar-refractivity contribution is 4.89. The lowest BCUT2D eigenvalue weighted by Crippen LogP contribution is -2.54. The molecular formula is C16H34N2O. The van der Waals surface area contributed by atoms with Crippen molar-refractivity contribution in [1.82, 2.24) is 10.2 Å². The minimum atomic E-state index is -0.167. The Kier molecular flexibility index (Phi) is 6.78. The van der Waals surface area contributed by atoms with E-state index in [0.29, 0.717) is 18.1 Å². The Morgan fingerprint density at radius 2 is 1.95 bits per heavy atom. The lowest BCUT2D eigenvalue weighted by Gasteiger charge is -2.40. The molecule has 0 bridgehead atoms. The summed E-state index contributed by atoms with van der Waals surface area (Å²) in [5.41, 5.74) is -0.167. The maximum absolute atomic E-state index is 9.72. The lowest BCUT2D eigenvalue weighted by molar-refractivity contribution is 0.0897. The van der Waals surface area contributed by atoms with Crippen LogP contribution in [-0.2, 0) is 0 Å². The van der Waals surface area contributed by atoms with Gasteiger partial charge in [-0.2, -0.15) is 0 Å². The van der Waals surface area contributed by atoms with E-state index >= 15 is 0 Å². The molecule has 1 fully saturated rings.